The van der Waals surface area contributed by atoms with E-state index in [1.54, 1.807) is 9.81 Å². The molecule has 2 heteroatoms. The molecule has 0 saturated carbocycles. The predicted octanol–water partition coefficient (Wildman–Crippen LogP) is 3.66. The molecule has 0 aliphatic rings. The van der Waals surface area contributed by atoms with Crippen molar-refractivity contribution in [3.63, 3.8) is 0 Å². The zero-order chi connectivity index (χ0) is 19.2. The summed E-state index contributed by atoms with van der Waals surface area (Å²) in [4.78, 5) is 2.52. The van der Waals surface area contributed by atoms with E-state index in [4.69, 9.17) is 0 Å². The van der Waals surface area contributed by atoms with Crippen molar-refractivity contribution in [1.29, 1.82) is 0 Å². The number of nitrogens with zero attached hydrogens (tertiary/aromatic N) is 1. The van der Waals surface area contributed by atoms with Gasteiger partial charge in [0, 0.05) is 0 Å². The van der Waals surface area contributed by atoms with Gasteiger partial charge in [0.2, 0.25) is 0 Å². The van der Waals surface area contributed by atoms with Crippen molar-refractivity contribution in [2.75, 3.05) is 13.1 Å². The molecule has 0 radical (unpaired) electrons. The monoisotopic (exact) mass is 553 g/mol. The molecule has 0 spiro atoms. The van der Waals surface area contributed by atoms with Crippen LogP contribution in [-0.2, 0) is 6.54 Å². The summed E-state index contributed by atoms with van der Waals surface area (Å²) >= 11 is -2.32. The fourth-order valence-electron chi connectivity index (χ4n) is 3.37. The average molecular weight is 554 g/mol. The third-order valence-electron chi connectivity index (χ3n) is 5.11. The fourth-order valence-corrected chi connectivity index (χ4v) is 12.8. The Balaban J connectivity index is 2.11. The van der Waals surface area contributed by atoms with E-state index in [0.29, 0.717) is 0 Å². The van der Waals surface area contributed by atoms with Crippen LogP contribution in [0.15, 0.2) is 72.8 Å². The van der Waals surface area contributed by atoms with Gasteiger partial charge in [-0.1, -0.05) is 0 Å². The molecular formula is C25H30BiN. The first-order chi connectivity index (χ1) is 13.1. The summed E-state index contributed by atoms with van der Waals surface area (Å²) in [6.07, 6.45) is 0. The van der Waals surface area contributed by atoms with Crippen LogP contribution < -0.4 is 9.81 Å². The van der Waals surface area contributed by atoms with Gasteiger partial charge in [0.25, 0.3) is 0 Å². The van der Waals surface area contributed by atoms with Gasteiger partial charge in [0.05, 0.1) is 0 Å². The normalized spacial score (nSPS) is 11.3. The van der Waals surface area contributed by atoms with E-state index in [-0.39, 0.29) is 0 Å². The van der Waals surface area contributed by atoms with Crippen molar-refractivity contribution in [2.24, 2.45) is 0 Å². The van der Waals surface area contributed by atoms with Gasteiger partial charge in [0.1, 0.15) is 0 Å². The summed E-state index contributed by atoms with van der Waals surface area (Å²) in [5, 5.41) is 0. The van der Waals surface area contributed by atoms with Crippen LogP contribution in [0.5, 0.6) is 0 Å². The molecule has 0 bridgehead atoms. The minimum absolute atomic E-state index is 1.05. The molecule has 0 atom stereocenters. The van der Waals surface area contributed by atoms with Crippen molar-refractivity contribution < 1.29 is 0 Å². The Kier molecular flexibility index (Phi) is 7.22. The van der Waals surface area contributed by atoms with Crippen molar-refractivity contribution in [3.8, 4) is 0 Å². The second-order valence-electron chi connectivity index (χ2n) is 7.10. The zero-order valence-electron chi connectivity index (χ0n) is 16.9. The molecule has 0 heterocycles. The number of hydrogen-bond acceptors (Lipinski definition) is 1. The van der Waals surface area contributed by atoms with Crippen LogP contribution in [0.25, 0.3) is 0 Å². The Morgan fingerprint density at radius 1 is 0.667 bits per heavy atom. The summed E-state index contributed by atoms with van der Waals surface area (Å²) in [6, 6.07) is 27.8. The Morgan fingerprint density at radius 2 is 1.15 bits per heavy atom. The molecule has 3 rings (SSSR count). The van der Waals surface area contributed by atoms with E-state index in [9.17, 15) is 0 Å². The quantitative estimate of drug-likeness (QED) is 0.404. The third kappa shape index (κ3) is 5.06. The fraction of sp³-hybridized carbons (Fsp3) is 0.280. The van der Waals surface area contributed by atoms with Gasteiger partial charge in [0.15, 0.2) is 0 Å². The molecule has 3 aromatic carbocycles. The second-order valence-corrected chi connectivity index (χ2v) is 15.6. The SMILES string of the molecule is CCN(CC)Cc1cccc[c]1[Bi]([c]1ccc(C)cc1)[c]1ccc(C)cc1. The second kappa shape index (κ2) is 9.62. The number of benzene rings is 3. The van der Waals surface area contributed by atoms with E-state index >= 15 is 0 Å². The molecular weight excluding hydrogens is 523 g/mol. The maximum atomic E-state index is 2.52. The summed E-state index contributed by atoms with van der Waals surface area (Å²) in [5.41, 5.74) is 4.19. The first kappa shape index (κ1) is 20.2. The summed E-state index contributed by atoms with van der Waals surface area (Å²) in [5.74, 6) is 0. The van der Waals surface area contributed by atoms with Crippen LogP contribution in [-0.4, -0.2) is 39.7 Å². The van der Waals surface area contributed by atoms with Gasteiger partial charge in [-0.15, -0.1) is 0 Å². The molecule has 0 aromatic heterocycles. The van der Waals surface area contributed by atoms with Crippen LogP contribution in [0, 0.1) is 13.8 Å². The number of hydrogen-bond donors (Lipinski definition) is 0. The van der Waals surface area contributed by atoms with E-state index in [1.807, 2.05) is 0 Å². The molecule has 140 valence electrons. The van der Waals surface area contributed by atoms with E-state index < -0.39 is 21.8 Å². The average Bonchev–Trinajstić information content (AvgIpc) is 2.70. The van der Waals surface area contributed by atoms with Gasteiger partial charge < -0.3 is 0 Å². The number of rotatable bonds is 7. The first-order valence-corrected chi connectivity index (χ1v) is 15.1. The van der Waals surface area contributed by atoms with E-state index in [2.05, 4.69) is 105 Å². The van der Waals surface area contributed by atoms with Gasteiger partial charge in [-0.05, 0) is 0 Å². The van der Waals surface area contributed by atoms with Crippen LogP contribution >= 0.6 is 0 Å². The standard InChI is InChI=1S/C11H16N.2C7H7.Bi/c1-3-12(4-2)10-11-8-6-5-7-9-11;2*1-7-5-3-2-4-6-7;/h5-8H,3-4,10H2,1-2H3;2*3-6H,1H3;. The van der Waals surface area contributed by atoms with Crippen LogP contribution in [0.4, 0.5) is 0 Å². The molecule has 27 heavy (non-hydrogen) atoms. The molecule has 0 fully saturated rings. The summed E-state index contributed by atoms with van der Waals surface area (Å²) in [6.45, 7) is 12.1. The molecule has 1 nitrogen and oxygen atoms in total. The molecule has 0 amide bonds. The summed E-state index contributed by atoms with van der Waals surface area (Å²) < 4.78 is 4.74. The van der Waals surface area contributed by atoms with E-state index in [0.717, 1.165) is 19.6 Å². The first-order valence-electron chi connectivity index (χ1n) is 9.86. The van der Waals surface area contributed by atoms with Gasteiger partial charge in [-0.3, -0.25) is 0 Å². The molecule has 3 aromatic rings. The number of aryl methyl sites for hydroxylation is 2. The van der Waals surface area contributed by atoms with Gasteiger partial charge >= 0.3 is 173 Å². The van der Waals surface area contributed by atoms with Crippen molar-refractivity contribution in [3.05, 3.63) is 89.5 Å². The van der Waals surface area contributed by atoms with Crippen LogP contribution in [0.2, 0.25) is 0 Å². The molecule has 0 unspecified atom stereocenters. The molecule has 0 aliphatic carbocycles. The maximum absolute atomic E-state index is 2.52. The van der Waals surface area contributed by atoms with Crippen LogP contribution in [0.1, 0.15) is 30.5 Å². The third-order valence-corrected chi connectivity index (χ3v) is 15.0. The van der Waals surface area contributed by atoms with Gasteiger partial charge in [-0.25, -0.2) is 0 Å². The molecule has 0 saturated heterocycles. The Morgan fingerprint density at radius 3 is 1.63 bits per heavy atom. The van der Waals surface area contributed by atoms with Crippen molar-refractivity contribution in [1.82, 2.24) is 4.90 Å². The Labute approximate surface area is 172 Å². The van der Waals surface area contributed by atoms with E-state index in [1.165, 1.54) is 16.7 Å². The van der Waals surface area contributed by atoms with Crippen LogP contribution in [0.3, 0.4) is 0 Å². The molecule has 0 N–H and O–H groups in total. The zero-order valence-corrected chi connectivity index (χ0v) is 20.4. The van der Waals surface area contributed by atoms with Gasteiger partial charge in [-0.2, -0.15) is 0 Å². The van der Waals surface area contributed by atoms with Crippen molar-refractivity contribution in [2.45, 2.75) is 34.2 Å². The molecule has 0 aliphatic heterocycles. The Bertz CT molecular complexity index is 803. The minimum atomic E-state index is -2.32. The van der Waals surface area contributed by atoms with Crippen molar-refractivity contribution >= 4 is 31.6 Å². The topological polar surface area (TPSA) is 3.24 Å². The summed E-state index contributed by atoms with van der Waals surface area (Å²) in [7, 11) is 0. The predicted molar refractivity (Wildman–Crippen MR) is 120 cm³/mol. The Hall–Kier alpha value is -1.50.